The molecule has 0 radical (unpaired) electrons. The highest BCUT2D eigenvalue weighted by Crippen LogP contribution is 2.23. The summed E-state index contributed by atoms with van der Waals surface area (Å²) in [7, 11) is -1.88. The van der Waals surface area contributed by atoms with E-state index in [-0.39, 0.29) is 11.8 Å². The summed E-state index contributed by atoms with van der Waals surface area (Å²) in [6.07, 6.45) is 1.56. The molecule has 3 rings (SSSR count). The van der Waals surface area contributed by atoms with Crippen molar-refractivity contribution in [3.05, 3.63) is 58.6 Å². The predicted molar refractivity (Wildman–Crippen MR) is 118 cm³/mol. The van der Waals surface area contributed by atoms with E-state index in [4.69, 9.17) is 4.74 Å². The molecule has 0 aromatic heterocycles. The van der Waals surface area contributed by atoms with Gasteiger partial charge in [-0.1, -0.05) is 28.1 Å². The predicted octanol–water partition coefficient (Wildman–Crippen LogP) is 3.16. The van der Waals surface area contributed by atoms with Gasteiger partial charge in [-0.3, -0.25) is 4.79 Å². The number of carbonyl (C=O) groups excluding carboxylic acids is 1. The van der Waals surface area contributed by atoms with Gasteiger partial charge in [-0.2, -0.15) is 0 Å². The van der Waals surface area contributed by atoms with Crippen LogP contribution in [-0.4, -0.2) is 46.3 Å². The summed E-state index contributed by atoms with van der Waals surface area (Å²) < 4.78 is 30.7. The molecule has 0 atom stereocenters. The highest BCUT2D eigenvalue weighted by Gasteiger charge is 2.24. The van der Waals surface area contributed by atoms with Crippen molar-refractivity contribution in [3.8, 4) is 5.75 Å². The molecule has 6 nitrogen and oxygen atoms in total. The summed E-state index contributed by atoms with van der Waals surface area (Å²) in [4.78, 5) is 14.5. The summed E-state index contributed by atoms with van der Waals surface area (Å²) in [6, 6.07) is 15.0. The first-order chi connectivity index (χ1) is 13.8. The average Bonchev–Trinajstić information content (AvgIpc) is 2.68. The maximum atomic E-state index is 12.4. The molecule has 8 heteroatoms. The zero-order valence-electron chi connectivity index (χ0n) is 16.3. The van der Waals surface area contributed by atoms with Crippen LogP contribution in [0.25, 0.3) is 0 Å². The number of rotatable bonds is 7. The van der Waals surface area contributed by atoms with Gasteiger partial charge in [0.15, 0.2) is 9.84 Å². The lowest BCUT2D eigenvalue weighted by Gasteiger charge is -2.34. The Bertz CT molecular complexity index is 939. The van der Waals surface area contributed by atoms with Crippen LogP contribution in [0, 0.1) is 0 Å². The third-order valence-electron chi connectivity index (χ3n) is 4.92. The minimum absolute atomic E-state index is 0.00179. The van der Waals surface area contributed by atoms with Crippen molar-refractivity contribution in [2.45, 2.75) is 24.6 Å². The Labute approximate surface area is 180 Å². The molecule has 2 aromatic carbocycles. The number of hydrogen-bond acceptors (Lipinski definition) is 5. The summed E-state index contributed by atoms with van der Waals surface area (Å²) in [5.74, 6) is -0.239. The Morgan fingerprint density at radius 3 is 2.48 bits per heavy atom. The fourth-order valence-electron chi connectivity index (χ4n) is 3.48. The second-order valence-electron chi connectivity index (χ2n) is 7.19. The van der Waals surface area contributed by atoms with Crippen LogP contribution in [0.2, 0.25) is 0 Å². The number of methoxy groups -OCH3 is 1. The Balaban J connectivity index is 1.47. The van der Waals surface area contributed by atoms with Crippen LogP contribution < -0.4 is 15.0 Å². The quantitative estimate of drug-likeness (QED) is 0.658. The largest absolute Gasteiger partial charge is 0.497 e. The van der Waals surface area contributed by atoms with E-state index in [0.717, 1.165) is 41.8 Å². The Hall–Kier alpha value is -2.06. The number of amides is 1. The average molecular weight is 481 g/mol. The molecular formula is C21H25BrN2O4S. The van der Waals surface area contributed by atoms with E-state index >= 15 is 0 Å². The topological polar surface area (TPSA) is 75.7 Å². The van der Waals surface area contributed by atoms with Gasteiger partial charge in [0.1, 0.15) is 11.5 Å². The molecule has 0 aliphatic carbocycles. The summed E-state index contributed by atoms with van der Waals surface area (Å²) in [5, 5.41) is 2.89. The number of benzene rings is 2. The molecule has 2 aromatic rings. The van der Waals surface area contributed by atoms with E-state index in [2.05, 4.69) is 26.1 Å². The number of carbonyl (C=O) groups is 1. The van der Waals surface area contributed by atoms with Gasteiger partial charge in [-0.25, -0.2) is 8.42 Å². The molecule has 1 aliphatic rings. The number of nitrogens with zero attached hydrogens (tertiary/aromatic N) is 1. The third kappa shape index (κ3) is 6.47. The van der Waals surface area contributed by atoms with Crippen LogP contribution in [0.5, 0.6) is 5.75 Å². The van der Waals surface area contributed by atoms with Crippen molar-refractivity contribution in [3.63, 3.8) is 0 Å². The number of nitrogens with one attached hydrogen (secondary N) is 1. The van der Waals surface area contributed by atoms with Crippen LogP contribution in [0.4, 0.5) is 5.69 Å². The molecule has 29 heavy (non-hydrogen) atoms. The lowest BCUT2D eigenvalue weighted by Crippen LogP contribution is -2.46. The third-order valence-corrected chi connectivity index (χ3v) is 6.89. The number of piperidine rings is 1. The maximum Gasteiger partial charge on any atom is 0.235 e. The van der Waals surface area contributed by atoms with Gasteiger partial charge < -0.3 is 15.0 Å². The Kier molecular flexibility index (Phi) is 7.18. The van der Waals surface area contributed by atoms with E-state index in [0.29, 0.717) is 5.56 Å². The smallest absolute Gasteiger partial charge is 0.235 e. The van der Waals surface area contributed by atoms with Crippen LogP contribution in [0.1, 0.15) is 18.4 Å². The summed E-state index contributed by atoms with van der Waals surface area (Å²) in [5.41, 5.74) is 1.78. The molecule has 156 valence electrons. The zero-order chi connectivity index (χ0) is 20.9. The SMILES string of the molecule is COc1ccc(N2CCC(NC(=O)CS(=O)(=O)Cc3cccc(Br)c3)CC2)cc1. The zero-order valence-corrected chi connectivity index (χ0v) is 18.7. The second-order valence-corrected chi connectivity index (χ2v) is 10.2. The number of ether oxygens (including phenoxy) is 1. The molecule has 1 saturated heterocycles. The first-order valence-corrected chi connectivity index (χ1v) is 12.1. The van der Waals surface area contributed by atoms with E-state index < -0.39 is 21.5 Å². The number of halogens is 1. The van der Waals surface area contributed by atoms with Crippen molar-refractivity contribution in [2.24, 2.45) is 0 Å². The van der Waals surface area contributed by atoms with Gasteiger partial charge >= 0.3 is 0 Å². The second kappa shape index (κ2) is 9.63. The molecule has 0 bridgehead atoms. The number of hydrogen-bond donors (Lipinski definition) is 1. The van der Waals surface area contributed by atoms with Gasteiger partial charge in [0, 0.05) is 29.3 Å². The maximum absolute atomic E-state index is 12.4. The first kappa shape index (κ1) is 21.6. The molecular weight excluding hydrogens is 456 g/mol. The highest BCUT2D eigenvalue weighted by atomic mass is 79.9. The lowest BCUT2D eigenvalue weighted by molar-refractivity contribution is -0.119. The van der Waals surface area contributed by atoms with Crippen molar-refractivity contribution >= 4 is 37.4 Å². The van der Waals surface area contributed by atoms with Crippen molar-refractivity contribution in [1.29, 1.82) is 0 Å². The number of anilines is 1. The van der Waals surface area contributed by atoms with E-state index in [1.807, 2.05) is 30.3 Å². The minimum Gasteiger partial charge on any atom is -0.497 e. The fraction of sp³-hybridized carbons (Fsp3) is 0.381. The van der Waals surface area contributed by atoms with Gasteiger partial charge in [0.05, 0.1) is 12.9 Å². The molecule has 1 heterocycles. The van der Waals surface area contributed by atoms with Gasteiger partial charge in [0.2, 0.25) is 5.91 Å². The molecule has 1 aliphatic heterocycles. The van der Waals surface area contributed by atoms with Gasteiger partial charge in [0.25, 0.3) is 0 Å². The van der Waals surface area contributed by atoms with Gasteiger partial charge in [-0.05, 0) is 54.8 Å². The molecule has 0 spiro atoms. The first-order valence-electron chi connectivity index (χ1n) is 9.48. The fourth-order valence-corrected chi connectivity index (χ4v) is 5.19. The highest BCUT2D eigenvalue weighted by molar-refractivity contribution is 9.10. The van der Waals surface area contributed by atoms with Gasteiger partial charge in [-0.15, -0.1) is 0 Å². The van der Waals surface area contributed by atoms with Crippen molar-refractivity contribution in [2.75, 3.05) is 30.9 Å². The Morgan fingerprint density at radius 1 is 1.17 bits per heavy atom. The molecule has 1 amide bonds. The standard InChI is InChI=1S/C21H25BrN2O4S/c1-28-20-7-5-19(6-8-20)24-11-9-18(10-12-24)23-21(25)15-29(26,27)14-16-3-2-4-17(22)13-16/h2-8,13,18H,9-12,14-15H2,1H3,(H,23,25). The van der Waals surface area contributed by atoms with E-state index in [1.165, 1.54) is 0 Å². The lowest BCUT2D eigenvalue weighted by atomic mass is 10.0. The minimum atomic E-state index is -3.52. The monoisotopic (exact) mass is 480 g/mol. The Morgan fingerprint density at radius 2 is 1.86 bits per heavy atom. The van der Waals surface area contributed by atoms with E-state index in [9.17, 15) is 13.2 Å². The summed E-state index contributed by atoms with van der Waals surface area (Å²) in [6.45, 7) is 1.62. The molecule has 1 N–H and O–H groups in total. The van der Waals surface area contributed by atoms with Crippen LogP contribution >= 0.6 is 15.9 Å². The van der Waals surface area contributed by atoms with Crippen LogP contribution in [0.3, 0.4) is 0 Å². The molecule has 0 unspecified atom stereocenters. The number of sulfone groups is 1. The van der Waals surface area contributed by atoms with Crippen molar-refractivity contribution in [1.82, 2.24) is 5.32 Å². The van der Waals surface area contributed by atoms with Crippen LogP contribution in [-0.2, 0) is 20.4 Å². The van der Waals surface area contributed by atoms with E-state index in [1.54, 1.807) is 25.3 Å². The molecule has 0 saturated carbocycles. The normalized spacial score (nSPS) is 15.2. The molecule has 1 fully saturated rings. The summed E-state index contributed by atoms with van der Waals surface area (Å²) >= 11 is 3.33. The van der Waals surface area contributed by atoms with Crippen LogP contribution in [0.15, 0.2) is 53.0 Å². The van der Waals surface area contributed by atoms with Crippen molar-refractivity contribution < 1.29 is 17.9 Å².